The summed E-state index contributed by atoms with van der Waals surface area (Å²) in [4.78, 5) is 12.3. The number of nitrogens with one attached hydrogen (secondary N) is 1. The minimum Gasteiger partial charge on any atom is -0.351 e. The summed E-state index contributed by atoms with van der Waals surface area (Å²) < 4.78 is 108. The van der Waals surface area contributed by atoms with Gasteiger partial charge in [0.1, 0.15) is 10.7 Å². The van der Waals surface area contributed by atoms with Crippen LogP contribution in [0.25, 0.3) is 0 Å². The molecule has 1 atom stereocenters. The van der Waals surface area contributed by atoms with E-state index in [-0.39, 0.29) is 12.1 Å². The SMILES string of the molecule is CC(C)OC(c1ccc(NC(=O)Cc2ccc(C(C)[SH](=O)=O)cc2)cc1)(C(F)(F)F)C(F)(F)F. The topological polar surface area (TPSA) is 72.5 Å². The zero-order valence-electron chi connectivity index (χ0n) is 18.3. The van der Waals surface area contributed by atoms with Crippen molar-refractivity contribution in [2.75, 3.05) is 5.32 Å². The molecule has 2 aromatic rings. The first-order valence-electron chi connectivity index (χ1n) is 10.0. The summed E-state index contributed by atoms with van der Waals surface area (Å²) in [5, 5.41) is 1.71. The van der Waals surface area contributed by atoms with Crippen molar-refractivity contribution in [2.24, 2.45) is 0 Å². The first kappa shape index (κ1) is 27.6. The van der Waals surface area contributed by atoms with E-state index in [4.69, 9.17) is 0 Å². The molecule has 1 unspecified atom stereocenters. The summed E-state index contributed by atoms with van der Waals surface area (Å²) in [6.45, 7) is 3.64. The molecule has 12 heteroatoms. The number of hydrogen-bond acceptors (Lipinski definition) is 4. The molecule has 0 radical (unpaired) electrons. The summed E-state index contributed by atoms with van der Waals surface area (Å²) in [6, 6.07) is 9.29. The van der Waals surface area contributed by atoms with Gasteiger partial charge in [-0.05, 0) is 44.0 Å². The van der Waals surface area contributed by atoms with Crippen LogP contribution in [0.2, 0.25) is 0 Å². The number of hydrogen-bond donors (Lipinski definition) is 2. The molecule has 0 spiro atoms. The number of amides is 1. The van der Waals surface area contributed by atoms with Crippen LogP contribution in [0.5, 0.6) is 0 Å². The van der Waals surface area contributed by atoms with Crippen molar-refractivity contribution in [1.29, 1.82) is 0 Å². The average molecular weight is 511 g/mol. The minimum atomic E-state index is -5.79. The quantitative estimate of drug-likeness (QED) is 0.374. The molecule has 1 N–H and O–H groups in total. The second kappa shape index (κ2) is 10.3. The van der Waals surface area contributed by atoms with Gasteiger partial charge in [-0.15, -0.1) is 0 Å². The number of carbonyl (C=O) groups excluding carboxylic acids is 1. The Hall–Kier alpha value is -2.60. The molecule has 0 aliphatic carbocycles. The summed E-state index contributed by atoms with van der Waals surface area (Å²) in [5.41, 5.74) is -4.63. The maximum atomic E-state index is 13.6. The highest BCUT2D eigenvalue weighted by molar-refractivity contribution is 7.72. The van der Waals surface area contributed by atoms with Crippen molar-refractivity contribution in [1.82, 2.24) is 0 Å². The number of ether oxygens (including phenoxy) is 1. The molecular formula is C22H23F6NO4S. The van der Waals surface area contributed by atoms with Gasteiger partial charge in [0.15, 0.2) is 0 Å². The van der Waals surface area contributed by atoms with Crippen molar-refractivity contribution < 1.29 is 44.3 Å². The van der Waals surface area contributed by atoms with Crippen LogP contribution < -0.4 is 5.32 Å². The highest BCUT2D eigenvalue weighted by Gasteiger charge is 2.73. The molecule has 0 saturated carbocycles. The highest BCUT2D eigenvalue weighted by atomic mass is 32.2. The molecule has 0 fully saturated rings. The maximum Gasteiger partial charge on any atom is 0.430 e. The van der Waals surface area contributed by atoms with Crippen LogP contribution in [-0.4, -0.2) is 32.8 Å². The predicted octanol–water partition coefficient (Wildman–Crippen LogP) is 5.29. The fourth-order valence-corrected chi connectivity index (χ4v) is 3.67. The number of carbonyl (C=O) groups is 1. The van der Waals surface area contributed by atoms with Crippen molar-refractivity contribution >= 4 is 22.3 Å². The molecule has 0 saturated heterocycles. The average Bonchev–Trinajstić information content (AvgIpc) is 2.70. The lowest BCUT2D eigenvalue weighted by Crippen LogP contribution is -2.57. The summed E-state index contributed by atoms with van der Waals surface area (Å²) in [5.74, 6) is -0.570. The fourth-order valence-electron chi connectivity index (χ4n) is 3.26. The lowest BCUT2D eigenvalue weighted by Gasteiger charge is -2.38. The van der Waals surface area contributed by atoms with E-state index in [2.05, 4.69) is 10.1 Å². The largest absolute Gasteiger partial charge is 0.430 e. The van der Waals surface area contributed by atoms with Crippen LogP contribution in [-0.2, 0) is 32.3 Å². The van der Waals surface area contributed by atoms with Gasteiger partial charge in [0.25, 0.3) is 5.60 Å². The summed E-state index contributed by atoms with van der Waals surface area (Å²) in [7, 11) is -2.66. The third-order valence-corrected chi connectivity index (χ3v) is 5.86. The van der Waals surface area contributed by atoms with Crippen LogP contribution in [0.15, 0.2) is 48.5 Å². The van der Waals surface area contributed by atoms with Gasteiger partial charge in [-0.2, -0.15) is 26.3 Å². The predicted molar refractivity (Wildman–Crippen MR) is 114 cm³/mol. The monoisotopic (exact) mass is 511 g/mol. The third kappa shape index (κ3) is 6.09. The summed E-state index contributed by atoms with van der Waals surface area (Å²) in [6.07, 6.45) is -13.1. The second-order valence-electron chi connectivity index (χ2n) is 7.85. The first-order valence-corrected chi connectivity index (χ1v) is 11.3. The Bertz CT molecular complexity index is 1040. The van der Waals surface area contributed by atoms with Gasteiger partial charge in [-0.25, -0.2) is 8.42 Å². The van der Waals surface area contributed by atoms with Crippen molar-refractivity contribution in [3.05, 3.63) is 65.2 Å². The molecule has 0 heterocycles. The molecule has 0 aromatic heterocycles. The molecule has 1 amide bonds. The zero-order chi connectivity index (χ0) is 25.9. The van der Waals surface area contributed by atoms with E-state index >= 15 is 0 Å². The number of rotatable bonds is 8. The van der Waals surface area contributed by atoms with Gasteiger partial charge >= 0.3 is 12.4 Å². The highest BCUT2D eigenvalue weighted by Crippen LogP contribution is 2.53. The van der Waals surface area contributed by atoms with Gasteiger partial charge < -0.3 is 10.1 Å². The zero-order valence-corrected chi connectivity index (χ0v) is 19.2. The Labute approximate surface area is 194 Å². The van der Waals surface area contributed by atoms with E-state index in [1.807, 2.05) is 0 Å². The number of alkyl halides is 6. The molecular weight excluding hydrogens is 488 g/mol. The third-order valence-electron chi connectivity index (χ3n) is 4.93. The molecule has 2 rings (SSSR count). The molecule has 0 aliphatic rings. The second-order valence-corrected chi connectivity index (χ2v) is 9.19. The van der Waals surface area contributed by atoms with E-state index < -0.39 is 51.5 Å². The van der Waals surface area contributed by atoms with E-state index in [0.717, 1.165) is 26.0 Å². The van der Waals surface area contributed by atoms with E-state index in [1.54, 1.807) is 24.3 Å². The Morgan fingerprint density at radius 1 is 0.882 bits per heavy atom. The Kier molecular flexibility index (Phi) is 8.41. The van der Waals surface area contributed by atoms with Crippen LogP contribution >= 0.6 is 0 Å². The fraction of sp³-hybridized carbons (Fsp3) is 0.409. The van der Waals surface area contributed by atoms with Crippen LogP contribution in [0.4, 0.5) is 32.0 Å². The standard InChI is InChI=1S/C22H23F6NO4S/c1-13(2)33-20(21(23,24)25,22(26,27)28)17-8-10-18(11-9-17)29-19(30)12-15-4-6-16(7-5-15)14(3)34(31)32/h4-11,13-14,34H,12H2,1-3H3,(H,29,30). The van der Waals surface area contributed by atoms with E-state index in [1.165, 1.54) is 6.92 Å². The van der Waals surface area contributed by atoms with Crippen molar-refractivity contribution in [2.45, 2.75) is 56.5 Å². The number of benzene rings is 2. The normalized spacial score (nSPS) is 13.9. The van der Waals surface area contributed by atoms with Crippen LogP contribution in [0.3, 0.4) is 0 Å². The van der Waals surface area contributed by atoms with E-state index in [9.17, 15) is 39.6 Å². The van der Waals surface area contributed by atoms with Gasteiger partial charge in [-0.3, -0.25) is 4.79 Å². The van der Waals surface area contributed by atoms with Gasteiger partial charge in [0.05, 0.1) is 17.8 Å². The molecule has 34 heavy (non-hydrogen) atoms. The number of halogens is 6. The van der Waals surface area contributed by atoms with E-state index in [0.29, 0.717) is 23.3 Å². The molecule has 5 nitrogen and oxygen atoms in total. The Morgan fingerprint density at radius 3 is 1.79 bits per heavy atom. The number of anilines is 1. The van der Waals surface area contributed by atoms with Crippen molar-refractivity contribution in [3.8, 4) is 0 Å². The summed E-state index contributed by atoms with van der Waals surface area (Å²) >= 11 is 0. The van der Waals surface area contributed by atoms with Crippen LogP contribution in [0.1, 0.15) is 42.7 Å². The van der Waals surface area contributed by atoms with Gasteiger partial charge in [0.2, 0.25) is 5.91 Å². The maximum absolute atomic E-state index is 13.6. The first-order chi connectivity index (χ1) is 15.6. The molecule has 2 aromatic carbocycles. The number of thiol groups is 1. The molecule has 188 valence electrons. The van der Waals surface area contributed by atoms with Gasteiger partial charge in [-0.1, -0.05) is 36.4 Å². The molecule has 0 bridgehead atoms. The Balaban J connectivity index is 2.21. The Morgan fingerprint density at radius 2 is 1.38 bits per heavy atom. The van der Waals surface area contributed by atoms with Gasteiger partial charge in [0, 0.05) is 11.3 Å². The van der Waals surface area contributed by atoms with Crippen LogP contribution in [0, 0.1) is 0 Å². The lowest BCUT2D eigenvalue weighted by molar-refractivity contribution is -0.396. The smallest absolute Gasteiger partial charge is 0.351 e. The molecule has 0 aliphatic heterocycles. The minimum absolute atomic E-state index is 0.00913. The lowest BCUT2D eigenvalue weighted by atomic mass is 9.91. The van der Waals surface area contributed by atoms with Crippen molar-refractivity contribution in [3.63, 3.8) is 0 Å².